The van der Waals surface area contributed by atoms with Crippen LogP contribution in [0.15, 0.2) is 24.3 Å². The molecule has 2 rings (SSSR count). The van der Waals surface area contributed by atoms with Crippen LogP contribution < -0.4 is 0 Å². The first-order valence-electron chi connectivity index (χ1n) is 6.64. The van der Waals surface area contributed by atoms with Crippen LogP contribution in [0.3, 0.4) is 0 Å². The molecule has 1 aromatic carbocycles. The van der Waals surface area contributed by atoms with Gasteiger partial charge in [0, 0.05) is 0 Å². The molecule has 0 saturated heterocycles. The lowest BCUT2D eigenvalue weighted by Gasteiger charge is -2.29. The quantitative estimate of drug-likeness (QED) is 0.878. The molecule has 1 aliphatic rings. The second kappa shape index (κ2) is 5.98. The second-order valence-electron chi connectivity index (χ2n) is 5.15. The molecule has 2 nitrogen and oxygen atoms in total. The van der Waals surface area contributed by atoms with Gasteiger partial charge in [-0.25, -0.2) is 4.39 Å². The molecule has 1 aliphatic carbocycles. The van der Waals surface area contributed by atoms with Crippen molar-refractivity contribution in [1.29, 1.82) is 0 Å². The number of hydrogen-bond acceptors (Lipinski definition) is 1. The third-order valence-corrected chi connectivity index (χ3v) is 3.91. The van der Waals surface area contributed by atoms with Gasteiger partial charge in [0.2, 0.25) is 0 Å². The maximum Gasteiger partial charge on any atom is 0.303 e. The molecule has 0 spiro atoms. The van der Waals surface area contributed by atoms with Crippen LogP contribution in [0.5, 0.6) is 0 Å². The van der Waals surface area contributed by atoms with Gasteiger partial charge < -0.3 is 5.11 Å². The van der Waals surface area contributed by atoms with Crippen molar-refractivity contribution in [2.24, 2.45) is 5.92 Å². The zero-order valence-corrected chi connectivity index (χ0v) is 10.4. The van der Waals surface area contributed by atoms with E-state index in [2.05, 4.69) is 0 Å². The largest absolute Gasteiger partial charge is 0.481 e. The van der Waals surface area contributed by atoms with E-state index < -0.39 is 5.97 Å². The first kappa shape index (κ1) is 13.1. The minimum absolute atomic E-state index is 0.0309. The van der Waals surface area contributed by atoms with Crippen LogP contribution in [0.1, 0.15) is 50.0 Å². The Hall–Kier alpha value is -1.38. The van der Waals surface area contributed by atoms with Crippen molar-refractivity contribution >= 4 is 5.97 Å². The van der Waals surface area contributed by atoms with Crippen molar-refractivity contribution in [2.75, 3.05) is 0 Å². The summed E-state index contributed by atoms with van der Waals surface area (Å²) in [5.41, 5.74) is 0.964. The maximum atomic E-state index is 12.9. The Bertz CT molecular complexity index is 393. The molecule has 0 radical (unpaired) electrons. The van der Waals surface area contributed by atoms with E-state index in [0.29, 0.717) is 5.92 Å². The van der Waals surface area contributed by atoms with Crippen LogP contribution in [0.2, 0.25) is 0 Å². The van der Waals surface area contributed by atoms with E-state index in [1.807, 2.05) is 0 Å². The van der Waals surface area contributed by atoms with Crippen molar-refractivity contribution in [3.63, 3.8) is 0 Å². The SMILES string of the molecule is O=C(O)CC(c1ccc(F)cc1)C1CCCCC1. The van der Waals surface area contributed by atoms with Gasteiger partial charge in [0.15, 0.2) is 0 Å². The molecule has 1 saturated carbocycles. The predicted octanol–water partition coefficient (Wildman–Crippen LogP) is 3.96. The van der Waals surface area contributed by atoms with Crippen LogP contribution in [0.4, 0.5) is 4.39 Å². The second-order valence-corrected chi connectivity index (χ2v) is 5.15. The molecule has 1 unspecified atom stereocenters. The number of carboxylic acids is 1. The van der Waals surface area contributed by atoms with Crippen LogP contribution in [0, 0.1) is 11.7 Å². The first-order valence-corrected chi connectivity index (χ1v) is 6.64. The summed E-state index contributed by atoms with van der Waals surface area (Å²) in [4.78, 5) is 11.0. The smallest absolute Gasteiger partial charge is 0.303 e. The van der Waals surface area contributed by atoms with E-state index in [0.717, 1.165) is 18.4 Å². The summed E-state index contributed by atoms with van der Waals surface area (Å²) in [6.07, 6.45) is 5.95. The predicted molar refractivity (Wildman–Crippen MR) is 68.0 cm³/mol. The minimum atomic E-state index is -0.769. The van der Waals surface area contributed by atoms with E-state index in [9.17, 15) is 9.18 Å². The van der Waals surface area contributed by atoms with Crippen molar-refractivity contribution in [3.05, 3.63) is 35.6 Å². The summed E-state index contributed by atoms with van der Waals surface area (Å²) >= 11 is 0. The Morgan fingerprint density at radius 3 is 2.39 bits per heavy atom. The number of halogens is 1. The zero-order valence-electron chi connectivity index (χ0n) is 10.4. The van der Waals surface area contributed by atoms with Gasteiger partial charge in [-0.05, 0) is 42.4 Å². The zero-order chi connectivity index (χ0) is 13.0. The average molecular weight is 250 g/mol. The van der Waals surface area contributed by atoms with Crippen LogP contribution in [-0.4, -0.2) is 11.1 Å². The molecule has 0 aliphatic heterocycles. The highest BCUT2D eigenvalue weighted by atomic mass is 19.1. The number of carbonyl (C=O) groups is 1. The molecule has 1 aromatic rings. The van der Waals surface area contributed by atoms with E-state index in [1.165, 1.54) is 31.4 Å². The van der Waals surface area contributed by atoms with Gasteiger partial charge in [0.05, 0.1) is 6.42 Å². The normalized spacial score (nSPS) is 18.5. The Labute approximate surface area is 107 Å². The summed E-state index contributed by atoms with van der Waals surface area (Å²) in [5.74, 6) is -0.574. The van der Waals surface area contributed by atoms with Crippen molar-refractivity contribution in [2.45, 2.75) is 44.4 Å². The minimum Gasteiger partial charge on any atom is -0.481 e. The lowest BCUT2D eigenvalue weighted by Crippen LogP contribution is -2.19. The highest BCUT2D eigenvalue weighted by Gasteiger charge is 2.26. The molecule has 1 fully saturated rings. The van der Waals surface area contributed by atoms with Crippen LogP contribution in [-0.2, 0) is 4.79 Å². The summed E-state index contributed by atoms with van der Waals surface area (Å²) in [7, 11) is 0. The van der Waals surface area contributed by atoms with Gasteiger partial charge in [0.25, 0.3) is 0 Å². The van der Waals surface area contributed by atoms with Gasteiger partial charge >= 0.3 is 5.97 Å². The van der Waals surface area contributed by atoms with E-state index in [1.54, 1.807) is 12.1 Å². The molecule has 0 heterocycles. The van der Waals surface area contributed by atoms with Gasteiger partial charge in [-0.3, -0.25) is 4.79 Å². The van der Waals surface area contributed by atoms with E-state index >= 15 is 0 Å². The summed E-state index contributed by atoms with van der Waals surface area (Å²) in [5, 5.41) is 9.06. The molecule has 98 valence electrons. The van der Waals surface area contributed by atoms with Gasteiger partial charge in [-0.2, -0.15) is 0 Å². The Morgan fingerprint density at radius 1 is 1.22 bits per heavy atom. The fourth-order valence-corrected chi connectivity index (χ4v) is 2.99. The number of benzene rings is 1. The molecular formula is C15H19FO2. The first-order chi connectivity index (χ1) is 8.66. The topological polar surface area (TPSA) is 37.3 Å². The third kappa shape index (κ3) is 3.31. The molecule has 3 heteroatoms. The molecule has 0 bridgehead atoms. The number of aliphatic carboxylic acids is 1. The summed E-state index contributed by atoms with van der Waals surface area (Å²) in [6.45, 7) is 0. The number of hydrogen-bond donors (Lipinski definition) is 1. The van der Waals surface area contributed by atoms with E-state index in [4.69, 9.17) is 5.11 Å². The highest BCUT2D eigenvalue weighted by Crippen LogP contribution is 2.38. The molecule has 1 atom stereocenters. The lowest BCUT2D eigenvalue weighted by atomic mass is 9.75. The Balaban J connectivity index is 2.17. The van der Waals surface area contributed by atoms with Crippen LogP contribution in [0.25, 0.3) is 0 Å². The molecule has 18 heavy (non-hydrogen) atoms. The third-order valence-electron chi connectivity index (χ3n) is 3.91. The molecule has 0 aromatic heterocycles. The number of rotatable bonds is 4. The monoisotopic (exact) mass is 250 g/mol. The highest BCUT2D eigenvalue weighted by molar-refractivity contribution is 5.68. The summed E-state index contributed by atoms with van der Waals surface area (Å²) in [6, 6.07) is 6.31. The van der Waals surface area contributed by atoms with Gasteiger partial charge in [0.1, 0.15) is 5.82 Å². The van der Waals surface area contributed by atoms with Gasteiger partial charge in [-0.15, -0.1) is 0 Å². The average Bonchev–Trinajstić information content (AvgIpc) is 2.38. The maximum absolute atomic E-state index is 12.9. The Kier molecular flexibility index (Phi) is 4.34. The van der Waals surface area contributed by atoms with E-state index in [-0.39, 0.29) is 18.2 Å². The van der Waals surface area contributed by atoms with Crippen LogP contribution >= 0.6 is 0 Å². The van der Waals surface area contributed by atoms with Gasteiger partial charge in [-0.1, -0.05) is 31.4 Å². The van der Waals surface area contributed by atoms with Crippen molar-refractivity contribution < 1.29 is 14.3 Å². The molecule has 0 amide bonds. The fraction of sp³-hybridized carbons (Fsp3) is 0.533. The molecular weight excluding hydrogens is 231 g/mol. The standard InChI is InChI=1S/C15H19FO2/c16-13-8-6-12(7-9-13)14(10-15(17)18)11-4-2-1-3-5-11/h6-9,11,14H,1-5,10H2,(H,17,18). The van der Waals surface area contributed by atoms with Crippen molar-refractivity contribution in [3.8, 4) is 0 Å². The van der Waals surface area contributed by atoms with Crippen molar-refractivity contribution in [1.82, 2.24) is 0 Å². The summed E-state index contributed by atoms with van der Waals surface area (Å²) < 4.78 is 12.9. The Morgan fingerprint density at radius 2 is 1.83 bits per heavy atom. The molecule has 1 N–H and O–H groups in total. The fourth-order valence-electron chi connectivity index (χ4n) is 2.99. The number of carboxylic acid groups (broad SMARTS) is 1. The lowest BCUT2D eigenvalue weighted by molar-refractivity contribution is -0.137.